The smallest absolute Gasteiger partial charge is 0.124 e. The summed E-state index contributed by atoms with van der Waals surface area (Å²) in [5.74, 6) is 1.40. The van der Waals surface area contributed by atoms with Crippen molar-refractivity contribution in [2.45, 2.75) is 51.7 Å². The number of methoxy groups -OCH3 is 2. The van der Waals surface area contributed by atoms with E-state index in [1.54, 1.807) is 14.2 Å². The third-order valence-corrected chi connectivity index (χ3v) is 4.50. The first kappa shape index (κ1) is 17.8. The first-order valence-corrected chi connectivity index (χ1v) is 7.70. The maximum Gasteiger partial charge on any atom is 0.124 e. The minimum Gasteiger partial charge on any atom is -0.497 e. The van der Waals surface area contributed by atoms with Crippen molar-refractivity contribution in [3.63, 3.8) is 0 Å². The summed E-state index contributed by atoms with van der Waals surface area (Å²) in [4.78, 5) is 0. The van der Waals surface area contributed by atoms with Crippen LogP contribution in [0.1, 0.15) is 51.7 Å². The van der Waals surface area contributed by atoms with Crippen LogP contribution in [0, 0.1) is 0 Å². The lowest BCUT2D eigenvalue weighted by molar-refractivity contribution is 0.147. The van der Waals surface area contributed by atoms with Crippen molar-refractivity contribution >= 4 is 0 Å². The van der Waals surface area contributed by atoms with E-state index in [-0.39, 0.29) is 5.54 Å². The summed E-state index contributed by atoms with van der Waals surface area (Å²) in [5, 5.41) is 14.0. The number of aliphatic hydroxyl groups is 1. The molecule has 1 aromatic carbocycles. The highest BCUT2D eigenvalue weighted by molar-refractivity contribution is 5.41. The number of benzene rings is 1. The number of nitrogens with one attached hydrogen (secondary N) is 1. The van der Waals surface area contributed by atoms with E-state index in [1.807, 2.05) is 18.2 Å². The summed E-state index contributed by atoms with van der Waals surface area (Å²) >= 11 is 0. The van der Waals surface area contributed by atoms with Crippen LogP contribution in [-0.2, 0) is 0 Å². The molecule has 1 aromatic rings. The monoisotopic (exact) mass is 295 g/mol. The molecule has 1 atom stereocenters. The molecule has 0 heterocycles. The molecule has 0 amide bonds. The fourth-order valence-corrected chi connectivity index (χ4v) is 2.65. The second-order valence-electron chi connectivity index (χ2n) is 5.35. The number of β-amino-alcohol motifs (C(OH)–C–C–N with tert-alkyl or cyclic N) is 1. The van der Waals surface area contributed by atoms with Gasteiger partial charge in [-0.05, 0) is 37.5 Å². The predicted octanol–water partition coefficient (Wildman–Crippen LogP) is 3.30. The van der Waals surface area contributed by atoms with Crippen LogP contribution >= 0.6 is 0 Å². The Morgan fingerprint density at radius 1 is 1.10 bits per heavy atom. The van der Waals surface area contributed by atoms with Gasteiger partial charge >= 0.3 is 0 Å². The summed E-state index contributed by atoms with van der Waals surface area (Å²) in [7, 11) is 3.23. The number of rotatable bonds is 9. The van der Waals surface area contributed by atoms with Gasteiger partial charge in [0.05, 0.1) is 20.3 Å². The molecule has 0 saturated carbocycles. The van der Waals surface area contributed by atoms with Crippen molar-refractivity contribution in [2.24, 2.45) is 0 Å². The van der Waals surface area contributed by atoms with Gasteiger partial charge in [0.25, 0.3) is 0 Å². The molecule has 0 bridgehead atoms. The van der Waals surface area contributed by atoms with Crippen LogP contribution in [0.3, 0.4) is 0 Å². The zero-order valence-corrected chi connectivity index (χ0v) is 13.9. The largest absolute Gasteiger partial charge is 0.497 e. The fourth-order valence-electron chi connectivity index (χ4n) is 2.65. The third kappa shape index (κ3) is 4.35. The Kier molecular flexibility index (Phi) is 6.99. The van der Waals surface area contributed by atoms with Crippen LogP contribution in [-0.4, -0.2) is 31.4 Å². The highest BCUT2D eigenvalue weighted by Crippen LogP contribution is 2.30. The van der Waals surface area contributed by atoms with Gasteiger partial charge in [-0.2, -0.15) is 0 Å². The minimum atomic E-state index is -0.626. The van der Waals surface area contributed by atoms with E-state index in [0.717, 1.165) is 30.6 Å². The topological polar surface area (TPSA) is 50.7 Å². The van der Waals surface area contributed by atoms with Gasteiger partial charge in [0.1, 0.15) is 11.5 Å². The van der Waals surface area contributed by atoms with E-state index in [0.29, 0.717) is 12.3 Å². The Hall–Kier alpha value is -1.26. The summed E-state index contributed by atoms with van der Waals surface area (Å²) in [6, 6.07) is 5.48. The van der Waals surface area contributed by atoms with E-state index in [4.69, 9.17) is 9.47 Å². The average molecular weight is 295 g/mol. The molecule has 0 saturated heterocycles. The number of aliphatic hydroxyl groups excluding tert-OH is 1. The molecule has 21 heavy (non-hydrogen) atoms. The van der Waals surface area contributed by atoms with Crippen LogP contribution in [0.15, 0.2) is 18.2 Å². The average Bonchev–Trinajstić information content (AvgIpc) is 2.55. The van der Waals surface area contributed by atoms with Crippen molar-refractivity contribution < 1.29 is 14.6 Å². The molecule has 4 heteroatoms. The maximum atomic E-state index is 10.5. The number of hydrogen-bond donors (Lipinski definition) is 2. The van der Waals surface area contributed by atoms with E-state index < -0.39 is 6.10 Å². The fraction of sp³-hybridized carbons (Fsp3) is 0.647. The molecule has 0 aliphatic heterocycles. The van der Waals surface area contributed by atoms with Gasteiger partial charge in [-0.25, -0.2) is 0 Å². The molecule has 0 spiro atoms. The van der Waals surface area contributed by atoms with E-state index >= 15 is 0 Å². The Morgan fingerprint density at radius 3 is 2.19 bits per heavy atom. The van der Waals surface area contributed by atoms with Crippen molar-refractivity contribution in [3.05, 3.63) is 23.8 Å². The lowest BCUT2D eigenvalue weighted by atomic mass is 9.89. The third-order valence-electron chi connectivity index (χ3n) is 4.50. The molecule has 4 nitrogen and oxygen atoms in total. The van der Waals surface area contributed by atoms with Crippen molar-refractivity contribution in [2.75, 3.05) is 20.8 Å². The van der Waals surface area contributed by atoms with Crippen LogP contribution in [0.5, 0.6) is 11.5 Å². The van der Waals surface area contributed by atoms with Crippen LogP contribution < -0.4 is 14.8 Å². The van der Waals surface area contributed by atoms with Crippen LogP contribution in [0.25, 0.3) is 0 Å². The van der Waals surface area contributed by atoms with Crippen LogP contribution in [0.2, 0.25) is 0 Å². The van der Waals surface area contributed by atoms with Gasteiger partial charge in [0.2, 0.25) is 0 Å². The second-order valence-corrected chi connectivity index (χ2v) is 5.35. The minimum absolute atomic E-state index is 0.0904. The molecule has 0 fully saturated rings. The zero-order valence-electron chi connectivity index (χ0n) is 13.9. The molecule has 2 N–H and O–H groups in total. The number of ether oxygens (including phenoxy) is 2. The maximum absolute atomic E-state index is 10.5. The Balaban J connectivity index is 2.85. The Labute approximate surface area is 128 Å². The van der Waals surface area contributed by atoms with Crippen molar-refractivity contribution in [1.29, 1.82) is 0 Å². The normalized spacial score (nSPS) is 13.0. The summed E-state index contributed by atoms with van der Waals surface area (Å²) in [6.07, 6.45) is 2.50. The number of hydrogen-bond acceptors (Lipinski definition) is 4. The van der Waals surface area contributed by atoms with Gasteiger partial charge in [-0.1, -0.05) is 20.8 Å². The first-order chi connectivity index (χ1) is 10.1. The lowest BCUT2D eigenvalue weighted by Gasteiger charge is -2.33. The van der Waals surface area contributed by atoms with E-state index in [9.17, 15) is 5.11 Å². The van der Waals surface area contributed by atoms with Crippen molar-refractivity contribution in [3.8, 4) is 11.5 Å². The molecule has 0 radical (unpaired) electrons. The molecule has 120 valence electrons. The van der Waals surface area contributed by atoms with Crippen molar-refractivity contribution in [1.82, 2.24) is 5.32 Å². The second kappa shape index (κ2) is 8.25. The summed E-state index contributed by atoms with van der Waals surface area (Å²) in [6.45, 7) is 7.04. The quantitative estimate of drug-likeness (QED) is 0.734. The molecule has 1 rings (SSSR count). The SMILES string of the molecule is CCC(CC)(CC)NCC(O)c1cc(OC)ccc1OC. The summed E-state index contributed by atoms with van der Waals surface area (Å²) < 4.78 is 10.6. The van der Waals surface area contributed by atoms with E-state index in [1.165, 1.54) is 0 Å². The molecule has 0 aliphatic rings. The Morgan fingerprint density at radius 2 is 1.71 bits per heavy atom. The molecular weight excluding hydrogens is 266 g/mol. The lowest BCUT2D eigenvalue weighted by Crippen LogP contribution is -2.45. The summed E-state index contributed by atoms with van der Waals surface area (Å²) in [5.41, 5.74) is 0.842. The van der Waals surface area contributed by atoms with Gasteiger partial charge < -0.3 is 19.9 Å². The Bertz CT molecular complexity index is 422. The first-order valence-electron chi connectivity index (χ1n) is 7.70. The zero-order chi connectivity index (χ0) is 15.9. The van der Waals surface area contributed by atoms with E-state index in [2.05, 4.69) is 26.1 Å². The molecule has 0 aliphatic carbocycles. The molecule has 0 aromatic heterocycles. The van der Waals surface area contributed by atoms with Gasteiger partial charge in [0.15, 0.2) is 0 Å². The molecular formula is C17H29NO3. The standard InChI is InChI=1S/C17H29NO3/c1-6-17(7-2,8-3)18-12-15(19)14-11-13(20-4)9-10-16(14)21-5/h9-11,15,18-19H,6-8,12H2,1-5H3. The van der Waals surface area contributed by atoms with Gasteiger partial charge in [-0.15, -0.1) is 0 Å². The highest BCUT2D eigenvalue weighted by Gasteiger charge is 2.25. The van der Waals surface area contributed by atoms with Crippen LogP contribution in [0.4, 0.5) is 0 Å². The predicted molar refractivity (Wildman–Crippen MR) is 86.1 cm³/mol. The highest BCUT2D eigenvalue weighted by atomic mass is 16.5. The van der Waals surface area contributed by atoms with Gasteiger partial charge in [0, 0.05) is 17.6 Å². The molecule has 1 unspecified atom stereocenters. The van der Waals surface area contributed by atoms with Gasteiger partial charge in [-0.3, -0.25) is 0 Å².